The second kappa shape index (κ2) is 11.6. The lowest BCUT2D eigenvalue weighted by atomic mass is 9.96. The first-order valence-corrected chi connectivity index (χ1v) is 9.78. The molecule has 1 aromatic carbocycles. The number of fused-ring (bicyclic) bond motifs is 1. The van der Waals surface area contributed by atoms with E-state index in [4.69, 9.17) is 21.8 Å². The van der Waals surface area contributed by atoms with E-state index in [1.54, 1.807) is 0 Å². The molecule has 0 spiro atoms. The molecule has 2 aliphatic heterocycles. The molecule has 0 bridgehead atoms. The number of hydrogen-bond acceptors (Lipinski definition) is 5. The van der Waals surface area contributed by atoms with Gasteiger partial charge in [-0.05, 0) is 43.9 Å². The van der Waals surface area contributed by atoms with Gasteiger partial charge in [0.25, 0.3) is 0 Å². The van der Waals surface area contributed by atoms with Gasteiger partial charge in [0.2, 0.25) is 5.91 Å². The summed E-state index contributed by atoms with van der Waals surface area (Å²) in [5.74, 6) is 1.25. The molecule has 2 aromatic rings. The molecule has 0 saturated carbocycles. The first-order valence-electron chi connectivity index (χ1n) is 9.40. The van der Waals surface area contributed by atoms with Crippen LogP contribution in [0.4, 0.5) is 0 Å². The van der Waals surface area contributed by atoms with Gasteiger partial charge in [-0.1, -0.05) is 11.6 Å². The number of benzene rings is 1. The summed E-state index contributed by atoms with van der Waals surface area (Å²) in [6, 6.07) is 5.79. The van der Waals surface area contributed by atoms with E-state index in [1.807, 2.05) is 23.1 Å². The summed E-state index contributed by atoms with van der Waals surface area (Å²) in [5.41, 5.74) is 7.50. The Morgan fingerprint density at radius 1 is 1.10 bits per heavy atom. The maximum atomic E-state index is 12.6. The number of carbonyl (C=O) groups is 1. The van der Waals surface area contributed by atoms with Crippen LogP contribution in [0.2, 0.25) is 5.02 Å². The van der Waals surface area contributed by atoms with Crippen LogP contribution in [-0.2, 0) is 4.79 Å². The monoisotopic (exact) mass is 484 g/mol. The lowest BCUT2D eigenvalue weighted by molar-refractivity contribution is -0.133. The summed E-state index contributed by atoms with van der Waals surface area (Å²) in [4.78, 5) is 21.4. The van der Waals surface area contributed by atoms with Crippen molar-refractivity contribution in [2.24, 2.45) is 5.73 Å². The van der Waals surface area contributed by atoms with Gasteiger partial charge in [-0.2, -0.15) is 0 Å². The normalized spacial score (nSPS) is 18.6. The molecule has 0 radical (unpaired) electrons. The van der Waals surface area contributed by atoms with E-state index in [0.29, 0.717) is 17.6 Å². The van der Waals surface area contributed by atoms with Crippen molar-refractivity contribution < 1.29 is 9.21 Å². The topological polar surface area (TPSA) is 75.6 Å². The summed E-state index contributed by atoms with van der Waals surface area (Å²) in [6.07, 6.45) is 3.74. The van der Waals surface area contributed by atoms with E-state index in [2.05, 4.69) is 9.88 Å². The van der Waals surface area contributed by atoms with Crippen LogP contribution in [0.1, 0.15) is 37.5 Å². The fourth-order valence-corrected chi connectivity index (χ4v) is 4.04. The van der Waals surface area contributed by atoms with E-state index < -0.39 is 0 Å². The minimum absolute atomic E-state index is 0. The van der Waals surface area contributed by atoms with Crippen LogP contribution >= 0.6 is 48.8 Å². The maximum Gasteiger partial charge on any atom is 0.236 e. The number of aromatic nitrogens is 1. The van der Waals surface area contributed by atoms with Crippen molar-refractivity contribution in [3.8, 4) is 0 Å². The Labute approximate surface area is 194 Å². The van der Waals surface area contributed by atoms with Crippen molar-refractivity contribution in [2.75, 3.05) is 32.7 Å². The van der Waals surface area contributed by atoms with Gasteiger partial charge in [-0.25, -0.2) is 4.98 Å². The number of carbonyl (C=O) groups excluding carboxylic acids is 1. The van der Waals surface area contributed by atoms with Crippen molar-refractivity contribution in [1.82, 2.24) is 14.8 Å². The highest BCUT2D eigenvalue weighted by Crippen LogP contribution is 2.30. The van der Waals surface area contributed by atoms with E-state index in [0.717, 1.165) is 68.9 Å². The lowest BCUT2D eigenvalue weighted by Gasteiger charge is -2.34. The molecular formula is C19H28Cl4N4O2. The van der Waals surface area contributed by atoms with Crippen LogP contribution in [-0.4, -0.2) is 59.5 Å². The Hall–Kier alpha value is -0.760. The highest BCUT2D eigenvalue weighted by molar-refractivity contribution is 6.31. The number of halogens is 4. The Morgan fingerprint density at radius 2 is 1.76 bits per heavy atom. The Kier molecular flexibility index (Phi) is 10.5. The Balaban J connectivity index is 0.00000140. The van der Waals surface area contributed by atoms with Crippen LogP contribution in [0.3, 0.4) is 0 Å². The Bertz CT molecular complexity index is 788. The zero-order chi connectivity index (χ0) is 18.1. The third-order valence-corrected chi connectivity index (χ3v) is 5.79. The van der Waals surface area contributed by atoms with Gasteiger partial charge in [-0.15, -0.1) is 37.2 Å². The summed E-state index contributed by atoms with van der Waals surface area (Å²) < 4.78 is 5.90. The van der Waals surface area contributed by atoms with E-state index in [9.17, 15) is 4.79 Å². The molecule has 0 unspecified atom stereocenters. The largest absolute Gasteiger partial charge is 0.440 e. The van der Waals surface area contributed by atoms with Crippen LogP contribution in [0.5, 0.6) is 0 Å². The van der Waals surface area contributed by atoms with E-state index >= 15 is 0 Å². The molecule has 0 aliphatic carbocycles. The first kappa shape index (κ1) is 26.3. The predicted molar refractivity (Wildman–Crippen MR) is 123 cm³/mol. The molecule has 0 atom stereocenters. The minimum atomic E-state index is 0. The number of rotatable bonds is 3. The number of likely N-dealkylation sites (tertiary alicyclic amines) is 2. The minimum Gasteiger partial charge on any atom is -0.440 e. The summed E-state index contributed by atoms with van der Waals surface area (Å²) in [5, 5.41) is 0.663. The first-order chi connectivity index (χ1) is 12.6. The number of nitrogens with two attached hydrogens (primary N) is 1. The van der Waals surface area contributed by atoms with Gasteiger partial charge in [-0.3, -0.25) is 9.69 Å². The third-order valence-electron chi connectivity index (χ3n) is 5.55. The van der Waals surface area contributed by atoms with E-state index in [-0.39, 0.29) is 49.0 Å². The van der Waals surface area contributed by atoms with Crippen LogP contribution in [0, 0.1) is 0 Å². The lowest BCUT2D eigenvalue weighted by Crippen LogP contribution is -2.47. The molecule has 3 heterocycles. The molecule has 1 aromatic heterocycles. The number of oxazole rings is 1. The fourth-order valence-electron chi connectivity index (χ4n) is 3.87. The predicted octanol–water partition coefficient (Wildman–Crippen LogP) is 3.88. The molecule has 164 valence electrons. The number of hydrogen-bond donors (Lipinski definition) is 1. The molecule has 4 rings (SSSR count). The standard InChI is InChI=1S/C19H25ClN4O2.3ClH/c20-14-1-2-17-16(11-14)22-19(26-17)13-3-9-24(10-4-13)18(25)12-23-7-5-15(21)6-8-23;;;/h1-2,11,13,15H,3-10,12,21H2;3*1H. The quantitative estimate of drug-likeness (QED) is 0.713. The smallest absolute Gasteiger partial charge is 0.236 e. The number of amides is 1. The second-order valence-electron chi connectivity index (χ2n) is 7.43. The summed E-state index contributed by atoms with van der Waals surface area (Å²) in [7, 11) is 0. The Morgan fingerprint density at radius 3 is 2.41 bits per heavy atom. The third kappa shape index (κ3) is 6.36. The highest BCUT2D eigenvalue weighted by atomic mass is 35.5. The molecular weight excluding hydrogens is 458 g/mol. The van der Waals surface area contributed by atoms with Gasteiger partial charge in [0.1, 0.15) is 5.52 Å². The van der Waals surface area contributed by atoms with Gasteiger partial charge < -0.3 is 15.1 Å². The van der Waals surface area contributed by atoms with Crippen molar-refractivity contribution in [1.29, 1.82) is 0 Å². The zero-order valence-electron chi connectivity index (χ0n) is 16.1. The molecule has 6 nitrogen and oxygen atoms in total. The summed E-state index contributed by atoms with van der Waals surface area (Å²) >= 11 is 6.02. The highest BCUT2D eigenvalue weighted by Gasteiger charge is 2.28. The number of piperidine rings is 2. The summed E-state index contributed by atoms with van der Waals surface area (Å²) in [6.45, 7) is 3.88. The molecule has 2 fully saturated rings. The van der Waals surface area contributed by atoms with Gasteiger partial charge in [0.05, 0.1) is 6.54 Å². The maximum absolute atomic E-state index is 12.6. The van der Waals surface area contributed by atoms with Crippen molar-refractivity contribution in [3.63, 3.8) is 0 Å². The van der Waals surface area contributed by atoms with Gasteiger partial charge in [0, 0.05) is 43.2 Å². The van der Waals surface area contributed by atoms with E-state index in [1.165, 1.54) is 0 Å². The SMILES string of the molecule is Cl.Cl.Cl.NC1CCN(CC(=O)N2CCC(c3nc4cc(Cl)ccc4o3)CC2)CC1. The number of nitrogens with zero attached hydrogens (tertiary/aromatic N) is 3. The fraction of sp³-hybridized carbons (Fsp3) is 0.579. The molecule has 2 saturated heterocycles. The van der Waals surface area contributed by atoms with Crippen LogP contribution in [0.15, 0.2) is 22.6 Å². The molecule has 2 aliphatic rings. The van der Waals surface area contributed by atoms with Crippen molar-refractivity contribution >= 4 is 65.8 Å². The van der Waals surface area contributed by atoms with Gasteiger partial charge >= 0.3 is 0 Å². The van der Waals surface area contributed by atoms with Gasteiger partial charge in [0.15, 0.2) is 11.5 Å². The molecule has 1 amide bonds. The molecule has 10 heteroatoms. The average Bonchev–Trinajstić information content (AvgIpc) is 3.07. The average molecular weight is 486 g/mol. The van der Waals surface area contributed by atoms with Crippen LogP contribution in [0.25, 0.3) is 11.1 Å². The molecule has 29 heavy (non-hydrogen) atoms. The molecule has 2 N–H and O–H groups in total. The van der Waals surface area contributed by atoms with Crippen molar-refractivity contribution in [3.05, 3.63) is 29.1 Å². The second-order valence-corrected chi connectivity index (χ2v) is 7.87. The zero-order valence-corrected chi connectivity index (χ0v) is 19.3. The van der Waals surface area contributed by atoms with Crippen LogP contribution < -0.4 is 5.73 Å². The van der Waals surface area contributed by atoms with Crippen molar-refractivity contribution in [2.45, 2.75) is 37.6 Å².